The van der Waals surface area contributed by atoms with Crippen LogP contribution in [0.25, 0.3) is 0 Å². The molecule has 3 rings (SSSR count). The fourth-order valence-corrected chi connectivity index (χ4v) is 2.08. The van der Waals surface area contributed by atoms with Crippen LogP contribution in [0.4, 0.5) is 0 Å². The summed E-state index contributed by atoms with van der Waals surface area (Å²) in [5.41, 5.74) is 5.03. The van der Waals surface area contributed by atoms with Gasteiger partial charge in [-0.25, -0.2) is 5.43 Å². The van der Waals surface area contributed by atoms with E-state index in [1.807, 2.05) is 30.3 Å². The molecule has 0 saturated carbocycles. The lowest BCUT2D eigenvalue weighted by Gasteiger charge is -2.21. The van der Waals surface area contributed by atoms with Crippen molar-refractivity contribution in [3.63, 3.8) is 0 Å². The van der Waals surface area contributed by atoms with Crippen molar-refractivity contribution in [2.24, 2.45) is 5.10 Å². The lowest BCUT2D eigenvalue weighted by molar-refractivity contribution is -0.122. The molecular formula is C14H12N4O. The molecule has 3 heterocycles. The van der Waals surface area contributed by atoms with Gasteiger partial charge in [0.05, 0.1) is 17.3 Å². The predicted octanol–water partition coefficient (Wildman–Crippen LogP) is 1.48. The van der Waals surface area contributed by atoms with Crippen molar-refractivity contribution in [2.75, 3.05) is 0 Å². The molecule has 1 N–H and O–H groups in total. The summed E-state index contributed by atoms with van der Waals surface area (Å²) in [5.74, 6) is -0.365. The largest absolute Gasteiger partial charge is 0.272 e. The van der Waals surface area contributed by atoms with Crippen LogP contribution in [-0.2, 0) is 4.79 Å². The Labute approximate surface area is 110 Å². The van der Waals surface area contributed by atoms with E-state index in [0.29, 0.717) is 6.42 Å². The Hall–Kier alpha value is -2.56. The number of hydrogen-bond donors (Lipinski definition) is 1. The van der Waals surface area contributed by atoms with Crippen LogP contribution in [0.2, 0.25) is 0 Å². The number of pyridine rings is 2. The monoisotopic (exact) mass is 252 g/mol. The Kier molecular flexibility index (Phi) is 3.02. The summed E-state index contributed by atoms with van der Waals surface area (Å²) in [6.45, 7) is 0. The second kappa shape index (κ2) is 4.97. The van der Waals surface area contributed by atoms with Gasteiger partial charge in [-0.3, -0.25) is 14.8 Å². The van der Waals surface area contributed by atoms with Gasteiger partial charge < -0.3 is 0 Å². The highest BCUT2D eigenvalue weighted by atomic mass is 16.2. The van der Waals surface area contributed by atoms with Gasteiger partial charge in [-0.15, -0.1) is 0 Å². The van der Waals surface area contributed by atoms with Gasteiger partial charge in [0.25, 0.3) is 0 Å². The number of hydrazone groups is 1. The highest BCUT2D eigenvalue weighted by Gasteiger charge is 2.27. The third-order valence-corrected chi connectivity index (χ3v) is 3.06. The second-order valence-electron chi connectivity index (χ2n) is 4.29. The van der Waals surface area contributed by atoms with E-state index in [4.69, 9.17) is 0 Å². The zero-order chi connectivity index (χ0) is 13.1. The van der Waals surface area contributed by atoms with Gasteiger partial charge in [0.1, 0.15) is 0 Å². The van der Waals surface area contributed by atoms with Gasteiger partial charge >= 0.3 is 0 Å². The van der Waals surface area contributed by atoms with Crippen LogP contribution < -0.4 is 5.43 Å². The molecule has 0 aromatic carbocycles. The zero-order valence-electron chi connectivity index (χ0n) is 10.2. The molecule has 0 spiro atoms. The first kappa shape index (κ1) is 11.5. The zero-order valence-corrected chi connectivity index (χ0v) is 10.2. The van der Waals surface area contributed by atoms with E-state index in [9.17, 15) is 4.79 Å². The summed E-state index contributed by atoms with van der Waals surface area (Å²) >= 11 is 0. The highest BCUT2D eigenvalue weighted by Crippen LogP contribution is 2.23. The van der Waals surface area contributed by atoms with Gasteiger partial charge in [0.15, 0.2) is 0 Å². The Morgan fingerprint density at radius 3 is 2.84 bits per heavy atom. The topological polar surface area (TPSA) is 67.2 Å². The molecule has 19 heavy (non-hydrogen) atoms. The molecule has 0 radical (unpaired) electrons. The van der Waals surface area contributed by atoms with E-state index in [-0.39, 0.29) is 11.8 Å². The molecule has 2 aromatic rings. The van der Waals surface area contributed by atoms with Crippen LogP contribution in [0.1, 0.15) is 23.6 Å². The van der Waals surface area contributed by atoms with Gasteiger partial charge in [-0.05, 0) is 23.8 Å². The Morgan fingerprint density at radius 1 is 1.16 bits per heavy atom. The fourth-order valence-electron chi connectivity index (χ4n) is 2.08. The second-order valence-corrected chi connectivity index (χ2v) is 4.29. The summed E-state index contributed by atoms with van der Waals surface area (Å²) in [6.07, 6.45) is 5.66. The number of nitrogens with one attached hydrogen (secondary N) is 1. The average molecular weight is 252 g/mol. The number of rotatable bonds is 2. The molecule has 0 saturated heterocycles. The minimum atomic E-state index is -0.261. The Balaban J connectivity index is 1.90. The van der Waals surface area contributed by atoms with E-state index >= 15 is 0 Å². The molecule has 0 aliphatic carbocycles. The minimum Gasteiger partial charge on any atom is -0.272 e. The van der Waals surface area contributed by atoms with Crippen molar-refractivity contribution in [2.45, 2.75) is 12.3 Å². The normalized spacial score (nSPS) is 18.6. The summed E-state index contributed by atoms with van der Waals surface area (Å²) in [5, 5.41) is 4.09. The van der Waals surface area contributed by atoms with E-state index in [0.717, 1.165) is 17.0 Å². The van der Waals surface area contributed by atoms with E-state index in [2.05, 4.69) is 20.5 Å². The summed E-state index contributed by atoms with van der Waals surface area (Å²) in [6, 6.07) is 9.37. The average Bonchev–Trinajstić information content (AvgIpc) is 2.49. The van der Waals surface area contributed by atoms with Crippen molar-refractivity contribution in [1.82, 2.24) is 15.4 Å². The number of hydrogen-bond acceptors (Lipinski definition) is 4. The molecule has 1 unspecified atom stereocenters. The Bertz CT molecular complexity index is 610. The van der Waals surface area contributed by atoms with Crippen LogP contribution in [0, 0.1) is 0 Å². The molecule has 1 aliphatic rings. The lowest BCUT2D eigenvalue weighted by Crippen LogP contribution is -2.33. The first-order chi connectivity index (χ1) is 9.34. The van der Waals surface area contributed by atoms with Crippen molar-refractivity contribution in [1.29, 1.82) is 0 Å². The quantitative estimate of drug-likeness (QED) is 0.880. The van der Waals surface area contributed by atoms with Crippen LogP contribution in [-0.4, -0.2) is 21.6 Å². The van der Waals surface area contributed by atoms with Crippen molar-refractivity contribution >= 4 is 11.6 Å². The molecule has 1 amide bonds. The van der Waals surface area contributed by atoms with Gasteiger partial charge in [-0.2, -0.15) is 5.10 Å². The molecule has 0 bridgehead atoms. The lowest BCUT2D eigenvalue weighted by atomic mass is 9.92. The SMILES string of the molecule is O=C1NN=C(c2ccccn2)CC1c1cccnc1. The maximum Gasteiger partial charge on any atom is 0.248 e. The van der Waals surface area contributed by atoms with E-state index in [1.165, 1.54) is 0 Å². The molecule has 5 heteroatoms. The van der Waals surface area contributed by atoms with Crippen molar-refractivity contribution < 1.29 is 4.79 Å². The molecule has 2 aromatic heterocycles. The molecule has 94 valence electrons. The minimum absolute atomic E-state index is 0.104. The van der Waals surface area contributed by atoms with Crippen LogP contribution in [0.3, 0.4) is 0 Å². The van der Waals surface area contributed by atoms with Crippen molar-refractivity contribution in [3.8, 4) is 0 Å². The molecule has 5 nitrogen and oxygen atoms in total. The summed E-state index contributed by atoms with van der Waals surface area (Å²) < 4.78 is 0. The summed E-state index contributed by atoms with van der Waals surface area (Å²) in [4.78, 5) is 20.2. The molecule has 0 fully saturated rings. The first-order valence-electron chi connectivity index (χ1n) is 6.02. The number of carbonyl (C=O) groups excluding carboxylic acids is 1. The predicted molar refractivity (Wildman–Crippen MR) is 70.5 cm³/mol. The molecular weight excluding hydrogens is 240 g/mol. The van der Waals surface area contributed by atoms with Crippen molar-refractivity contribution in [3.05, 3.63) is 60.2 Å². The third-order valence-electron chi connectivity index (χ3n) is 3.06. The Morgan fingerprint density at radius 2 is 2.11 bits per heavy atom. The van der Waals surface area contributed by atoms with Crippen LogP contribution in [0.15, 0.2) is 54.0 Å². The van der Waals surface area contributed by atoms with E-state index in [1.54, 1.807) is 18.6 Å². The van der Waals surface area contributed by atoms with Gasteiger partial charge in [0, 0.05) is 25.0 Å². The maximum absolute atomic E-state index is 11.9. The van der Waals surface area contributed by atoms with Crippen LogP contribution >= 0.6 is 0 Å². The van der Waals surface area contributed by atoms with E-state index < -0.39 is 0 Å². The number of carbonyl (C=O) groups is 1. The van der Waals surface area contributed by atoms with Gasteiger partial charge in [-0.1, -0.05) is 12.1 Å². The smallest absolute Gasteiger partial charge is 0.248 e. The molecule has 1 atom stereocenters. The number of nitrogens with zero attached hydrogens (tertiary/aromatic N) is 3. The van der Waals surface area contributed by atoms with Gasteiger partial charge in [0.2, 0.25) is 5.91 Å². The number of aromatic nitrogens is 2. The number of amides is 1. The highest BCUT2D eigenvalue weighted by molar-refractivity contribution is 6.05. The van der Waals surface area contributed by atoms with Crippen LogP contribution in [0.5, 0.6) is 0 Å². The summed E-state index contributed by atoms with van der Waals surface area (Å²) in [7, 11) is 0. The molecule has 1 aliphatic heterocycles. The maximum atomic E-state index is 11.9. The third kappa shape index (κ3) is 2.35. The fraction of sp³-hybridized carbons (Fsp3) is 0.143. The standard InChI is InChI=1S/C14H12N4O/c19-14-11(10-4-3-6-15-9-10)8-13(17-18-14)12-5-1-2-7-16-12/h1-7,9,11H,8H2,(H,18,19). The first-order valence-corrected chi connectivity index (χ1v) is 6.02.